The molecule has 1 unspecified atom stereocenters. The highest BCUT2D eigenvalue weighted by molar-refractivity contribution is 7.85. The molecule has 0 saturated carbocycles. The van der Waals surface area contributed by atoms with E-state index in [-0.39, 0.29) is 29.4 Å². The number of rotatable bonds is 21. The zero-order valence-electron chi connectivity index (χ0n) is 35.6. The van der Waals surface area contributed by atoms with E-state index in [1.807, 2.05) is 58.9 Å². The third kappa shape index (κ3) is 27.8. The fraction of sp³-hybridized carbons (Fsp3) is 0.533. The van der Waals surface area contributed by atoms with Crippen LogP contribution in [0.3, 0.4) is 0 Å². The molecule has 0 fully saturated rings. The van der Waals surface area contributed by atoms with Gasteiger partial charge in [0.1, 0.15) is 0 Å². The number of carboxylic acids is 1. The van der Waals surface area contributed by atoms with E-state index in [1.54, 1.807) is 30.3 Å². The number of hydrogen-bond acceptors (Lipinski definition) is 9. The summed E-state index contributed by atoms with van der Waals surface area (Å²) >= 11 is 0. The second-order valence-corrected chi connectivity index (χ2v) is 16.9. The van der Waals surface area contributed by atoms with Gasteiger partial charge in [0.2, 0.25) is 0 Å². The number of carboxylic acid groups (broad SMARTS) is 1. The number of aliphatic carboxylic acids is 1. The van der Waals surface area contributed by atoms with Crippen LogP contribution in [0.4, 0.5) is 0 Å². The number of carbonyl (C=O) groups is 3. The quantitative estimate of drug-likeness (QED) is 0.0347. The molecule has 11 nitrogen and oxygen atoms in total. The molecule has 13 heteroatoms. The molecule has 0 aliphatic rings. The first-order valence-electron chi connectivity index (χ1n) is 20.1. The Balaban J connectivity index is 0.00000114. The average Bonchev–Trinajstić information content (AvgIpc) is 3.13. The van der Waals surface area contributed by atoms with Crippen molar-refractivity contribution in [3.8, 4) is 11.5 Å². The predicted octanol–water partition coefficient (Wildman–Crippen LogP) is 10.6. The van der Waals surface area contributed by atoms with Gasteiger partial charge in [0, 0.05) is 18.5 Å². The van der Waals surface area contributed by atoms with Crippen LogP contribution < -0.4 is 14.8 Å². The fourth-order valence-corrected chi connectivity index (χ4v) is 5.41. The fourth-order valence-electron chi connectivity index (χ4n) is 5.41. The molecule has 3 aromatic carbocycles. The lowest BCUT2D eigenvalue weighted by atomic mass is 10.0. The molecule has 1 atom stereocenters. The van der Waals surface area contributed by atoms with Crippen molar-refractivity contribution in [1.82, 2.24) is 5.32 Å². The van der Waals surface area contributed by atoms with Crippen LogP contribution in [0.15, 0.2) is 66.7 Å². The molecule has 326 valence electrons. The Morgan fingerprint density at radius 2 is 1.05 bits per heavy atom. The zero-order valence-corrected chi connectivity index (χ0v) is 37.2. The highest BCUT2D eigenvalue weighted by atomic mass is 35.5. The molecule has 0 aliphatic heterocycles. The number of unbranched alkanes of at least 4 members (excludes halogenated alkanes) is 12. The number of aryl methyl sites for hydroxylation is 2. The first-order chi connectivity index (χ1) is 26.8. The molecule has 0 spiro atoms. The minimum atomic E-state index is -3.67. The largest absolute Gasteiger partial charge is 0.481 e. The number of ether oxygens (including phenoxy) is 2. The minimum Gasteiger partial charge on any atom is -0.481 e. The predicted molar refractivity (Wildman–Crippen MR) is 234 cm³/mol. The number of hydrogen-bond donors (Lipinski definition) is 4. The highest BCUT2D eigenvalue weighted by Gasteiger charge is 2.20. The Labute approximate surface area is 353 Å². The molecule has 58 heavy (non-hydrogen) atoms. The Hall–Kier alpha value is -3.81. The molecular weight excluding hydrogens is 782 g/mol. The molecule has 0 aliphatic carbocycles. The van der Waals surface area contributed by atoms with Gasteiger partial charge in [-0.2, -0.15) is 8.42 Å². The van der Waals surface area contributed by atoms with E-state index in [4.69, 9.17) is 19.1 Å². The molecule has 0 aromatic heterocycles. The van der Waals surface area contributed by atoms with Gasteiger partial charge >= 0.3 is 17.9 Å². The summed E-state index contributed by atoms with van der Waals surface area (Å²) in [5, 5.41) is 22.4. The monoisotopic (exact) mass is 849 g/mol. The van der Waals surface area contributed by atoms with Gasteiger partial charge in [0.05, 0.1) is 23.5 Å². The third-order valence-corrected chi connectivity index (χ3v) is 8.65. The number of carbonyl (C=O) groups excluding carboxylic acids is 2. The number of aliphatic hydroxyl groups excluding tert-OH is 1. The first kappa shape index (κ1) is 54.2. The number of β-amino-alcohol motifs (C(OH)–C–C–N with tert-alkyl or cyclic N) is 1. The summed E-state index contributed by atoms with van der Waals surface area (Å²) in [6.07, 6.45) is 17.1. The van der Waals surface area contributed by atoms with Crippen molar-refractivity contribution in [2.45, 2.75) is 143 Å². The molecule has 0 bridgehead atoms. The van der Waals surface area contributed by atoms with E-state index in [1.165, 1.54) is 82.8 Å². The summed E-state index contributed by atoms with van der Waals surface area (Å²) in [4.78, 5) is 35.8. The lowest BCUT2D eigenvalue weighted by Gasteiger charge is -2.23. The van der Waals surface area contributed by atoms with Crippen molar-refractivity contribution in [3.63, 3.8) is 0 Å². The van der Waals surface area contributed by atoms with Crippen molar-refractivity contribution in [2.24, 2.45) is 0 Å². The number of benzene rings is 3. The average molecular weight is 851 g/mol. The number of nitrogens with one attached hydrogen (secondary N) is 1. The van der Waals surface area contributed by atoms with E-state index in [2.05, 4.69) is 12.2 Å². The van der Waals surface area contributed by atoms with Crippen molar-refractivity contribution in [1.29, 1.82) is 0 Å². The Morgan fingerprint density at radius 3 is 1.43 bits per heavy atom. The smallest absolute Gasteiger partial charge is 0.343 e. The lowest BCUT2D eigenvalue weighted by molar-refractivity contribution is -0.137. The summed E-state index contributed by atoms with van der Waals surface area (Å²) in [6, 6.07) is 18.6. The van der Waals surface area contributed by atoms with E-state index in [9.17, 15) is 27.9 Å². The lowest BCUT2D eigenvalue weighted by Crippen LogP contribution is -2.38. The van der Waals surface area contributed by atoms with Crippen LogP contribution in [-0.2, 0) is 14.9 Å². The molecule has 3 rings (SSSR count). The van der Waals surface area contributed by atoms with Gasteiger partial charge in [-0.3, -0.25) is 9.35 Å². The molecular formula is C45H68ClNO10S. The summed E-state index contributed by atoms with van der Waals surface area (Å²) < 4.78 is 37.0. The van der Waals surface area contributed by atoms with Crippen LogP contribution in [0.5, 0.6) is 11.5 Å². The molecule has 0 radical (unpaired) electrons. The topological polar surface area (TPSA) is 177 Å². The van der Waals surface area contributed by atoms with Crippen molar-refractivity contribution >= 4 is 40.4 Å². The minimum absolute atomic E-state index is 0. The van der Waals surface area contributed by atoms with Crippen molar-refractivity contribution in [3.05, 3.63) is 94.5 Å². The molecule has 4 N–H and O–H groups in total. The van der Waals surface area contributed by atoms with E-state index in [0.717, 1.165) is 24.0 Å². The van der Waals surface area contributed by atoms with E-state index in [0.29, 0.717) is 35.9 Å². The summed E-state index contributed by atoms with van der Waals surface area (Å²) in [5.74, 6) is -1.68. The summed E-state index contributed by atoms with van der Waals surface area (Å²) in [6.45, 7) is 12.4. The van der Waals surface area contributed by atoms with Crippen LogP contribution >= 0.6 is 12.4 Å². The van der Waals surface area contributed by atoms with Gasteiger partial charge in [0.15, 0.2) is 11.5 Å². The normalized spacial score (nSPS) is 11.5. The second-order valence-electron chi connectivity index (χ2n) is 15.5. The Bertz CT molecular complexity index is 1720. The van der Waals surface area contributed by atoms with Gasteiger partial charge in [-0.05, 0) is 83.0 Å². The molecule has 0 saturated heterocycles. The molecule has 3 aromatic rings. The van der Waals surface area contributed by atoms with E-state index < -0.39 is 34.1 Å². The number of esters is 2. The van der Waals surface area contributed by atoms with Crippen LogP contribution in [0.25, 0.3) is 0 Å². The molecule has 0 amide bonds. The van der Waals surface area contributed by atoms with Crippen molar-refractivity contribution < 1.29 is 47.0 Å². The standard InChI is InChI=1S/C28H31NO5.C16H32O2.CH4O3S.ClH/c1-18-6-10-20(11-7-18)26(31)33-24-15-14-22(23(30)17-29-28(3,4)5)16-25(24)34-27(32)21-12-8-19(2)9-13-21;1-2-3-4-5-6-7-8-9-10-11-12-13-14-15-16(17)18;1-5(2,3)4;/h6-16,23,29-30H,17H2,1-5H3;2-15H2,1H3,(H,17,18);1H3,(H,2,3,4);1H. The third-order valence-electron chi connectivity index (χ3n) is 8.65. The van der Waals surface area contributed by atoms with Gasteiger partial charge in [0.25, 0.3) is 10.1 Å². The highest BCUT2D eigenvalue weighted by Crippen LogP contribution is 2.32. The maximum atomic E-state index is 12.8. The van der Waals surface area contributed by atoms with E-state index >= 15 is 0 Å². The Morgan fingerprint density at radius 1 is 0.672 bits per heavy atom. The van der Waals surface area contributed by atoms with Gasteiger partial charge in [-0.15, -0.1) is 12.4 Å². The number of halogens is 1. The first-order valence-corrected chi connectivity index (χ1v) is 21.9. The maximum Gasteiger partial charge on any atom is 0.343 e. The Kier molecular flexibility index (Phi) is 27.5. The number of aliphatic hydroxyl groups is 1. The summed E-state index contributed by atoms with van der Waals surface area (Å²) in [7, 11) is -3.67. The SMILES string of the molecule is CCCCCCCCCCCCCCCC(=O)O.CS(=O)(=O)O.Cc1ccc(C(=O)Oc2ccc(C(O)CNC(C)(C)C)cc2OC(=O)c2ccc(C)cc2)cc1.Cl. The second kappa shape index (κ2) is 29.4. The van der Waals surface area contributed by atoms with Crippen molar-refractivity contribution in [2.75, 3.05) is 12.8 Å². The van der Waals surface area contributed by atoms with Crippen LogP contribution in [0.2, 0.25) is 0 Å². The van der Waals surface area contributed by atoms with Crippen LogP contribution in [-0.4, -0.2) is 59.4 Å². The van der Waals surface area contributed by atoms with Gasteiger partial charge < -0.3 is 25.0 Å². The van der Waals surface area contributed by atoms with Gasteiger partial charge in [-0.25, -0.2) is 9.59 Å². The van der Waals surface area contributed by atoms with Gasteiger partial charge in [-0.1, -0.05) is 125 Å². The maximum absolute atomic E-state index is 12.8. The summed E-state index contributed by atoms with van der Waals surface area (Å²) in [5.41, 5.74) is 3.12. The van der Waals surface area contributed by atoms with Crippen LogP contribution in [0, 0.1) is 13.8 Å². The molecule has 0 heterocycles. The zero-order chi connectivity index (χ0) is 42.9. The van der Waals surface area contributed by atoms with Crippen LogP contribution in [0.1, 0.15) is 161 Å².